The Balaban J connectivity index is 1.56. The van der Waals surface area contributed by atoms with Crippen molar-refractivity contribution in [2.75, 3.05) is 26.8 Å². The summed E-state index contributed by atoms with van der Waals surface area (Å²) in [5, 5.41) is 0.405. The van der Waals surface area contributed by atoms with Crippen molar-refractivity contribution in [1.82, 2.24) is 9.80 Å². The van der Waals surface area contributed by atoms with Gasteiger partial charge in [-0.3, -0.25) is 9.69 Å². The van der Waals surface area contributed by atoms with Gasteiger partial charge in [0.05, 0.1) is 12.1 Å². The molecule has 3 rings (SSSR count). The van der Waals surface area contributed by atoms with E-state index in [-0.39, 0.29) is 30.4 Å². The number of methoxy groups -OCH3 is 1. The maximum absolute atomic E-state index is 13.1. The van der Waals surface area contributed by atoms with Crippen LogP contribution in [0.5, 0.6) is 11.5 Å². The average Bonchev–Trinajstić information content (AvgIpc) is 2.70. The maximum atomic E-state index is 13.1. The number of amides is 1. The zero-order valence-corrected chi connectivity index (χ0v) is 17.7. The number of rotatable bonds is 6. The molecule has 29 heavy (non-hydrogen) atoms. The molecule has 1 heterocycles. The van der Waals surface area contributed by atoms with Crippen LogP contribution in [0.25, 0.3) is 0 Å². The van der Waals surface area contributed by atoms with Crippen molar-refractivity contribution in [2.24, 2.45) is 0 Å². The van der Waals surface area contributed by atoms with E-state index in [2.05, 4.69) is 11.8 Å². The number of piperazine rings is 1. The van der Waals surface area contributed by atoms with Gasteiger partial charge in [-0.25, -0.2) is 4.39 Å². The zero-order chi connectivity index (χ0) is 21.0. The van der Waals surface area contributed by atoms with Crippen molar-refractivity contribution in [2.45, 2.75) is 32.5 Å². The predicted octanol–water partition coefficient (Wildman–Crippen LogP) is 3.99. The highest BCUT2D eigenvalue weighted by atomic mass is 35.5. The average molecular weight is 421 g/mol. The highest BCUT2D eigenvalue weighted by molar-refractivity contribution is 6.32. The highest BCUT2D eigenvalue weighted by Crippen LogP contribution is 2.29. The summed E-state index contributed by atoms with van der Waals surface area (Å²) in [6.07, 6.45) is 0. The molecule has 1 aliphatic rings. The Morgan fingerprint density at radius 3 is 2.52 bits per heavy atom. The zero-order valence-electron chi connectivity index (χ0n) is 16.9. The minimum atomic E-state index is -0.234. The molecule has 2 atom stereocenters. The maximum Gasteiger partial charge on any atom is 0.260 e. The quantitative estimate of drug-likeness (QED) is 0.708. The van der Waals surface area contributed by atoms with Gasteiger partial charge < -0.3 is 14.4 Å². The van der Waals surface area contributed by atoms with Crippen molar-refractivity contribution < 1.29 is 18.7 Å². The van der Waals surface area contributed by atoms with Crippen LogP contribution in [0.15, 0.2) is 42.5 Å². The molecule has 7 heteroatoms. The molecule has 0 aromatic heterocycles. The number of benzene rings is 2. The summed E-state index contributed by atoms with van der Waals surface area (Å²) >= 11 is 6.18. The van der Waals surface area contributed by atoms with Crippen LogP contribution in [0.1, 0.15) is 19.4 Å². The second-order valence-electron chi connectivity index (χ2n) is 7.39. The fourth-order valence-electron chi connectivity index (χ4n) is 3.54. The lowest BCUT2D eigenvalue weighted by Gasteiger charge is -2.44. The minimum Gasteiger partial charge on any atom is -0.497 e. The molecule has 1 saturated heterocycles. The summed E-state index contributed by atoms with van der Waals surface area (Å²) in [7, 11) is 1.56. The predicted molar refractivity (Wildman–Crippen MR) is 111 cm³/mol. The lowest BCUT2D eigenvalue weighted by molar-refractivity contribution is -0.139. The van der Waals surface area contributed by atoms with Gasteiger partial charge in [-0.05, 0) is 43.7 Å². The largest absolute Gasteiger partial charge is 0.497 e. The molecule has 0 radical (unpaired) electrons. The Hall–Kier alpha value is -2.31. The molecule has 156 valence electrons. The monoisotopic (exact) mass is 420 g/mol. The van der Waals surface area contributed by atoms with Crippen LogP contribution in [0.3, 0.4) is 0 Å². The molecule has 0 unspecified atom stereocenters. The Bertz CT molecular complexity index is 846. The Labute approximate surface area is 176 Å². The number of carbonyl (C=O) groups is 1. The fourth-order valence-corrected chi connectivity index (χ4v) is 3.76. The van der Waals surface area contributed by atoms with Crippen molar-refractivity contribution >= 4 is 17.5 Å². The first-order chi connectivity index (χ1) is 13.9. The van der Waals surface area contributed by atoms with Crippen LogP contribution in [-0.2, 0) is 11.3 Å². The first-order valence-electron chi connectivity index (χ1n) is 9.61. The van der Waals surface area contributed by atoms with Gasteiger partial charge in [0, 0.05) is 37.8 Å². The van der Waals surface area contributed by atoms with Crippen molar-refractivity contribution in [3.63, 3.8) is 0 Å². The molecule has 0 spiro atoms. The first kappa shape index (κ1) is 21.4. The number of nitrogens with zero attached hydrogens (tertiary/aromatic N) is 2. The number of hydrogen-bond acceptors (Lipinski definition) is 4. The lowest BCUT2D eigenvalue weighted by Crippen LogP contribution is -2.58. The van der Waals surface area contributed by atoms with Gasteiger partial charge >= 0.3 is 0 Å². The summed E-state index contributed by atoms with van der Waals surface area (Å²) in [5.74, 6) is 0.782. The van der Waals surface area contributed by atoms with Gasteiger partial charge in [0.25, 0.3) is 5.91 Å². The molecule has 1 aliphatic heterocycles. The van der Waals surface area contributed by atoms with Gasteiger partial charge in [0.1, 0.15) is 17.3 Å². The summed E-state index contributed by atoms with van der Waals surface area (Å²) < 4.78 is 23.9. The van der Waals surface area contributed by atoms with Crippen LogP contribution in [-0.4, -0.2) is 54.6 Å². The van der Waals surface area contributed by atoms with Gasteiger partial charge in [0.2, 0.25) is 0 Å². The molecule has 1 amide bonds. The van der Waals surface area contributed by atoms with E-state index in [0.717, 1.165) is 18.7 Å². The third-order valence-corrected chi connectivity index (χ3v) is 5.52. The standard InChI is InChI=1S/C22H26ClFN2O3/c1-15-12-26(16(2)11-25(15)13-17-4-6-18(24)7-5-17)22(27)14-29-21-9-8-19(28-3)10-20(21)23/h4-10,15-16H,11-14H2,1-3H3/t15-,16+/m1/s1. The molecule has 2 aromatic carbocycles. The third-order valence-electron chi connectivity index (χ3n) is 5.22. The summed E-state index contributed by atoms with van der Waals surface area (Å²) in [4.78, 5) is 16.9. The first-order valence-corrected chi connectivity index (χ1v) is 9.99. The van der Waals surface area contributed by atoms with Gasteiger partial charge in [-0.1, -0.05) is 23.7 Å². The van der Waals surface area contributed by atoms with E-state index in [0.29, 0.717) is 23.1 Å². The highest BCUT2D eigenvalue weighted by Gasteiger charge is 2.32. The van der Waals surface area contributed by atoms with E-state index in [1.54, 1.807) is 37.4 Å². The van der Waals surface area contributed by atoms with Crippen molar-refractivity contribution in [3.8, 4) is 11.5 Å². The molecule has 0 saturated carbocycles. The van der Waals surface area contributed by atoms with E-state index in [4.69, 9.17) is 21.1 Å². The topological polar surface area (TPSA) is 42.0 Å². The van der Waals surface area contributed by atoms with E-state index in [9.17, 15) is 9.18 Å². The Morgan fingerprint density at radius 2 is 1.86 bits per heavy atom. The van der Waals surface area contributed by atoms with Crippen molar-refractivity contribution in [1.29, 1.82) is 0 Å². The molecular formula is C22H26ClFN2O3. The number of hydrogen-bond donors (Lipinski definition) is 0. The van der Waals surface area contributed by atoms with Gasteiger partial charge in [-0.2, -0.15) is 0 Å². The molecular weight excluding hydrogens is 395 g/mol. The molecule has 1 fully saturated rings. The van der Waals surface area contributed by atoms with E-state index >= 15 is 0 Å². The van der Waals surface area contributed by atoms with Gasteiger partial charge in [-0.15, -0.1) is 0 Å². The van der Waals surface area contributed by atoms with E-state index < -0.39 is 0 Å². The second-order valence-corrected chi connectivity index (χ2v) is 7.79. The molecule has 0 bridgehead atoms. The molecule has 2 aromatic rings. The number of carbonyl (C=O) groups excluding carboxylic acids is 1. The van der Waals surface area contributed by atoms with Crippen LogP contribution in [0.4, 0.5) is 4.39 Å². The minimum absolute atomic E-state index is 0.0501. The van der Waals surface area contributed by atoms with Crippen molar-refractivity contribution in [3.05, 3.63) is 58.9 Å². The number of ether oxygens (including phenoxy) is 2. The van der Waals surface area contributed by atoms with E-state index in [1.807, 2.05) is 11.8 Å². The normalized spacial score (nSPS) is 19.8. The Kier molecular flexibility index (Phi) is 6.98. The third kappa shape index (κ3) is 5.40. The van der Waals surface area contributed by atoms with E-state index in [1.165, 1.54) is 12.1 Å². The summed E-state index contributed by atoms with van der Waals surface area (Å²) in [5.41, 5.74) is 1.06. The molecule has 5 nitrogen and oxygen atoms in total. The summed E-state index contributed by atoms with van der Waals surface area (Å²) in [6, 6.07) is 11.9. The molecule has 0 N–H and O–H groups in total. The van der Waals surface area contributed by atoms with Gasteiger partial charge in [0.15, 0.2) is 6.61 Å². The second kappa shape index (κ2) is 9.46. The molecule has 0 aliphatic carbocycles. The lowest BCUT2D eigenvalue weighted by atomic mass is 10.1. The summed E-state index contributed by atoms with van der Waals surface area (Å²) in [6.45, 7) is 6.14. The smallest absolute Gasteiger partial charge is 0.260 e. The Morgan fingerprint density at radius 1 is 1.14 bits per heavy atom. The van der Waals surface area contributed by atoms with Crippen LogP contribution < -0.4 is 9.47 Å². The fraction of sp³-hybridized carbons (Fsp3) is 0.409. The van der Waals surface area contributed by atoms with Crippen LogP contribution in [0.2, 0.25) is 5.02 Å². The van der Waals surface area contributed by atoms with Crippen LogP contribution in [0, 0.1) is 5.82 Å². The number of halogens is 2. The van der Waals surface area contributed by atoms with Crippen LogP contribution >= 0.6 is 11.6 Å². The SMILES string of the molecule is COc1ccc(OCC(=O)N2C[C@@H](C)N(Cc3ccc(F)cc3)C[C@@H]2C)c(Cl)c1.